The predicted octanol–water partition coefficient (Wildman–Crippen LogP) is 4.31. The zero-order chi connectivity index (χ0) is 22.2. The molecule has 2 aromatic rings. The Morgan fingerprint density at radius 1 is 1.03 bits per heavy atom. The lowest BCUT2D eigenvalue weighted by molar-refractivity contribution is -0.119. The van der Waals surface area contributed by atoms with Crippen molar-refractivity contribution in [3.63, 3.8) is 0 Å². The number of aliphatic imine (C=N–C) groups is 1. The molecule has 1 aromatic heterocycles. The van der Waals surface area contributed by atoms with E-state index in [1.807, 2.05) is 23.1 Å². The van der Waals surface area contributed by atoms with Crippen molar-refractivity contribution < 1.29 is 9.21 Å². The van der Waals surface area contributed by atoms with Crippen LogP contribution in [0.1, 0.15) is 55.9 Å². The number of guanidine groups is 1. The van der Waals surface area contributed by atoms with Crippen LogP contribution in [0.2, 0.25) is 0 Å². The topological polar surface area (TPSA) is 73.1 Å². The summed E-state index contributed by atoms with van der Waals surface area (Å²) in [5, 5.41) is 6.88. The molecular weight excluding hydrogens is 529 g/mol. The number of nitrogens with zero attached hydrogens (tertiary/aromatic N) is 3. The number of nitrogens with one attached hydrogen (secondary N) is 2. The van der Waals surface area contributed by atoms with Gasteiger partial charge in [0.2, 0.25) is 5.91 Å². The molecule has 3 heterocycles. The van der Waals surface area contributed by atoms with Gasteiger partial charge in [-0.3, -0.25) is 14.7 Å². The summed E-state index contributed by atoms with van der Waals surface area (Å²) in [6, 6.07) is 12.5. The van der Waals surface area contributed by atoms with Crippen molar-refractivity contribution in [3.05, 3.63) is 54.0 Å². The molecule has 0 saturated carbocycles. The van der Waals surface area contributed by atoms with Gasteiger partial charge in [-0.1, -0.05) is 18.6 Å². The van der Waals surface area contributed by atoms with Gasteiger partial charge in [0.1, 0.15) is 5.76 Å². The Kier molecular flexibility index (Phi) is 10.1. The minimum Gasteiger partial charge on any atom is -0.468 e. The predicted molar refractivity (Wildman–Crippen MR) is 143 cm³/mol. The molecule has 1 atom stereocenters. The minimum atomic E-state index is 0. The third-order valence-corrected chi connectivity index (χ3v) is 6.42. The molecule has 2 N–H and O–H groups in total. The van der Waals surface area contributed by atoms with Gasteiger partial charge in [0.25, 0.3) is 0 Å². The highest BCUT2D eigenvalue weighted by atomic mass is 127. The Labute approximate surface area is 214 Å². The van der Waals surface area contributed by atoms with Crippen LogP contribution in [-0.4, -0.2) is 50.0 Å². The van der Waals surface area contributed by atoms with Crippen LogP contribution in [0.3, 0.4) is 0 Å². The van der Waals surface area contributed by atoms with Crippen molar-refractivity contribution >= 4 is 41.5 Å². The monoisotopic (exact) mass is 565 g/mol. The second-order valence-corrected chi connectivity index (χ2v) is 8.60. The van der Waals surface area contributed by atoms with Gasteiger partial charge in [0.15, 0.2) is 5.96 Å². The van der Waals surface area contributed by atoms with Gasteiger partial charge < -0.3 is 20.0 Å². The average Bonchev–Trinajstić information content (AvgIpc) is 3.37. The molecule has 0 spiro atoms. The van der Waals surface area contributed by atoms with E-state index < -0.39 is 0 Å². The molecule has 180 valence electrons. The van der Waals surface area contributed by atoms with E-state index in [1.165, 1.54) is 19.3 Å². The van der Waals surface area contributed by atoms with Crippen LogP contribution in [0, 0.1) is 0 Å². The van der Waals surface area contributed by atoms with Gasteiger partial charge in [-0.15, -0.1) is 24.0 Å². The number of rotatable bonds is 7. The zero-order valence-corrected chi connectivity index (χ0v) is 21.8. The SMILES string of the molecule is CN=C(NCc1ccc(N2CCCCC2=O)cc1)NCC(c1ccco1)N1CCCCC1.I. The number of halogens is 1. The highest BCUT2D eigenvalue weighted by Crippen LogP contribution is 2.24. The molecule has 2 saturated heterocycles. The standard InChI is InChI=1S/C25H35N5O2.HI/c1-26-25(28-19-22(23-8-7-17-32-23)29-14-4-2-5-15-29)27-18-20-10-12-21(13-11-20)30-16-6-3-9-24(30)31;/h7-8,10-13,17,22H,2-6,9,14-16,18-19H2,1H3,(H2,26,27,28);1H. The highest BCUT2D eigenvalue weighted by molar-refractivity contribution is 14.0. The molecule has 2 aliphatic heterocycles. The number of piperidine rings is 2. The number of hydrogen-bond donors (Lipinski definition) is 2. The fraction of sp³-hybridized carbons (Fsp3) is 0.520. The number of carbonyl (C=O) groups is 1. The first kappa shape index (κ1) is 25.6. The molecule has 1 amide bonds. The van der Waals surface area contributed by atoms with Crippen molar-refractivity contribution in [2.75, 3.05) is 38.1 Å². The Bertz CT molecular complexity index is 879. The lowest BCUT2D eigenvalue weighted by Crippen LogP contribution is -2.44. The Morgan fingerprint density at radius 3 is 2.45 bits per heavy atom. The molecule has 0 aliphatic carbocycles. The molecule has 2 fully saturated rings. The summed E-state index contributed by atoms with van der Waals surface area (Å²) >= 11 is 0. The third-order valence-electron chi connectivity index (χ3n) is 6.42. The van der Waals surface area contributed by atoms with E-state index in [2.05, 4.69) is 38.7 Å². The number of benzene rings is 1. The third kappa shape index (κ3) is 6.96. The second kappa shape index (κ2) is 13.0. The van der Waals surface area contributed by atoms with Crippen LogP contribution in [-0.2, 0) is 11.3 Å². The average molecular weight is 566 g/mol. The summed E-state index contributed by atoms with van der Waals surface area (Å²) in [6.07, 6.45) is 8.27. The van der Waals surface area contributed by atoms with E-state index in [0.717, 1.165) is 62.0 Å². The van der Waals surface area contributed by atoms with Gasteiger partial charge in [-0.2, -0.15) is 0 Å². The molecule has 4 rings (SSSR count). The maximum atomic E-state index is 12.1. The van der Waals surface area contributed by atoms with Crippen LogP contribution in [0.15, 0.2) is 52.1 Å². The van der Waals surface area contributed by atoms with Gasteiger partial charge in [0.05, 0.1) is 12.3 Å². The number of anilines is 1. The van der Waals surface area contributed by atoms with Crippen molar-refractivity contribution in [2.24, 2.45) is 4.99 Å². The molecule has 0 bridgehead atoms. The molecule has 8 heteroatoms. The molecule has 33 heavy (non-hydrogen) atoms. The van der Waals surface area contributed by atoms with E-state index in [1.54, 1.807) is 13.3 Å². The molecule has 1 aromatic carbocycles. The summed E-state index contributed by atoms with van der Waals surface area (Å²) in [5.74, 6) is 2.00. The fourth-order valence-corrected chi connectivity index (χ4v) is 4.59. The first-order valence-electron chi connectivity index (χ1n) is 11.9. The molecule has 1 unspecified atom stereocenters. The summed E-state index contributed by atoms with van der Waals surface area (Å²) in [7, 11) is 1.79. The Balaban J connectivity index is 0.00000306. The Morgan fingerprint density at radius 2 is 1.79 bits per heavy atom. The normalized spacial score (nSPS) is 18.5. The maximum absolute atomic E-state index is 12.1. The van der Waals surface area contributed by atoms with Crippen molar-refractivity contribution in [3.8, 4) is 0 Å². The van der Waals surface area contributed by atoms with Gasteiger partial charge in [0, 0.05) is 38.8 Å². The molecular formula is C25H36IN5O2. The number of amides is 1. The van der Waals surface area contributed by atoms with Crippen LogP contribution < -0.4 is 15.5 Å². The number of furan rings is 1. The van der Waals surface area contributed by atoms with Crippen LogP contribution >= 0.6 is 24.0 Å². The second-order valence-electron chi connectivity index (χ2n) is 8.60. The van der Waals surface area contributed by atoms with Gasteiger partial charge in [-0.05, 0) is 68.6 Å². The van der Waals surface area contributed by atoms with Gasteiger partial charge in [-0.25, -0.2) is 0 Å². The van der Waals surface area contributed by atoms with Crippen LogP contribution in [0.25, 0.3) is 0 Å². The first-order valence-corrected chi connectivity index (χ1v) is 11.9. The number of hydrogen-bond acceptors (Lipinski definition) is 4. The highest BCUT2D eigenvalue weighted by Gasteiger charge is 2.24. The molecule has 2 aliphatic rings. The minimum absolute atomic E-state index is 0. The maximum Gasteiger partial charge on any atom is 0.226 e. The van der Waals surface area contributed by atoms with Crippen LogP contribution in [0.4, 0.5) is 5.69 Å². The zero-order valence-electron chi connectivity index (χ0n) is 19.5. The van der Waals surface area contributed by atoms with E-state index in [4.69, 9.17) is 4.42 Å². The van der Waals surface area contributed by atoms with Crippen molar-refractivity contribution in [1.82, 2.24) is 15.5 Å². The summed E-state index contributed by atoms with van der Waals surface area (Å²) in [4.78, 5) is 20.9. The first-order chi connectivity index (χ1) is 15.7. The van der Waals surface area contributed by atoms with Crippen LogP contribution in [0.5, 0.6) is 0 Å². The molecule has 0 radical (unpaired) electrons. The Hall–Kier alpha value is -2.07. The van der Waals surface area contributed by atoms with Crippen molar-refractivity contribution in [2.45, 2.75) is 51.1 Å². The number of carbonyl (C=O) groups excluding carboxylic acids is 1. The largest absolute Gasteiger partial charge is 0.468 e. The quantitative estimate of drug-likeness (QED) is 0.298. The van der Waals surface area contributed by atoms with E-state index in [9.17, 15) is 4.79 Å². The lowest BCUT2D eigenvalue weighted by Gasteiger charge is -2.33. The van der Waals surface area contributed by atoms with E-state index in [0.29, 0.717) is 13.0 Å². The summed E-state index contributed by atoms with van der Waals surface area (Å²) in [5.41, 5.74) is 2.14. The fourth-order valence-electron chi connectivity index (χ4n) is 4.59. The lowest BCUT2D eigenvalue weighted by atomic mass is 10.1. The number of likely N-dealkylation sites (tertiary alicyclic amines) is 1. The van der Waals surface area contributed by atoms with E-state index in [-0.39, 0.29) is 35.9 Å². The summed E-state index contributed by atoms with van der Waals surface area (Å²) in [6.45, 7) is 4.43. The summed E-state index contributed by atoms with van der Waals surface area (Å²) < 4.78 is 5.74. The molecule has 7 nitrogen and oxygen atoms in total. The smallest absolute Gasteiger partial charge is 0.226 e. The van der Waals surface area contributed by atoms with Crippen molar-refractivity contribution in [1.29, 1.82) is 0 Å². The van der Waals surface area contributed by atoms with E-state index >= 15 is 0 Å². The van der Waals surface area contributed by atoms with Gasteiger partial charge >= 0.3 is 0 Å².